The number of carbonyl (C=O) groups excluding carboxylic acids is 2. The third kappa shape index (κ3) is 4.24. The second kappa shape index (κ2) is 8.62. The number of esters is 1. The number of aromatic nitrogens is 2. The number of ether oxygens (including phenoxy) is 1. The molecule has 1 unspecified atom stereocenters. The smallest absolute Gasteiger partial charge is 0.339 e. The summed E-state index contributed by atoms with van der Waals surface area (Å²) in [5.41, 5.74) is 0.864. The van der Waals surface area contributed by atoms with E-state index in [2.05, 4.69) is 27.3 Å². The maximum Gasteiger partial charge on any atom is 0.339 e. The zero-order valence-electron chi connectivity index (χ0n) is 15.6. The summed E-state index contributed by atoms with van der Waals surface area (Å²) in [4.78, 5) is 26.6. The van der Waals surface area contributed by atoms with Crippen LogP contribution in [-0.4, -0.2) is 41.8 Å². The predicted octanol–water partition coefficient (Wildman–Crippen LogP) is 3.28. The van der Waals surface area contributed by atoms with Crippen molar-refractivity contribution in [2.24, 2.45) is 0 Å². The summed E-state index contributed by atoms with van der Waals surface area (Å²) in [6, 6.07) is 10.7. The van der Waals surface area contributed by atoms with Crippen molar-refractivity contribution in [1.82, 2.24) is 10.2 Å². The predicted molar refractivity (Wildman–Crippen MR) is 103 cm³/mol. The quantitative estimate of drug-likeness (QED) is 0.815. The number of hydrogen-bond acceptors (Lipinski definition) is 6. The third-order valence-corrected chi connectivity index (χ3v) is 4.86. The van der Waals surface area contributed by atoms with Crippen molar-refractivity contribution in [3.8, 4) is 0 Å². The first-order valence-electron chi connectivity index (χ1n) is 9.23. The third-order valence-electron chi connectivity index (χ3n) is 4.86. The van der Waals surface area contributed by atoms with Gasteiger partial charge in [-0.2, -0.15) is 0 Å². The highest BCUT2D eigenvalue weighted by Gasteiger charge is 2.23. The van der Waals surface area contributed by atoms with Crippen LogP contribution in [0.5, 0.6) is 0 Å². The van der Waals surface area contributed by atoms with E-state index < -0.39 is 11.9 Å². The number of carbonyl (C=O) groups is 2. The van der Waals surface area contributed by atoms with Crippen molar-refractivity contribution in [3.05, 3.63) is 47.7 Å². The number of methoxy groups -OCH3 is 1. The number of nitrogens with zero attached hydrogens (tertiary/aromatic N) is 3. The number of hydrogen-bond donors (Lipinski definition) is 1. The molecule has 1 amide bonds. The molecular formula is C20H24N4O3. The van der Waals surface area contributed by atoms with Gasteiger partial charge in [-0.15, -0.1) is 10.2 Å². The summed E-state index contributed by atoms with van der Waals surface area (Å²) < 4.78 is 4.74. The van der Waals surface area contributed by atoms with Crippen LogP contribution in [0.4, 0.5) is 11.5 Å². The van der Waals surface area contributed by atoms with Gasteiger partial charge in [0, 0.05) is 12.6 Å². The van der Waals surface area contributed by atoms with E-state index in [4.69, 9.17) is 4.74 Å². The molecule has 1 aromatic heterocycles. The lowest BCUT2D eigenvalue weighted by Gasteiger charge is -2.35. The molecule has 2 heterocycles. The van der Waals surface area contributed by atoms with Crippen LogP contribution in [0.15, 0.2) is 36.4 Å². The Morgan fingerprint density at radius 1 is 1.19 bits per heavy atom. The molecule has 3 rings (SSSR count). The van der Waals surface area contributed by atoms with Crippen LogP contribution >= 0.6 is 0 Å². The fourth-order valence-electron chi connectivity index (χ4n) is 3.39. The molecule has 7 nitrogen and oxygen atoms in total. The van der Waals surface area contributed by atoms with E-state index in [0.717, 1.165) is 31.6 Å². The summed E-state index contributed by atoms with van der Waals surface area (Å²) in [7, 11) is 1.30. The van der Waals surface area contributed by atoms with Crippen LogP contribution in [0.25, 0.3) is 0 Å². The minimum Gasteiger partial charge on any atom is -0.465 e. The maximum atomic E-state index is 12.5. The Morgan fingerprint density at radius 2 is 2.00 bits per heavy atom. The lowest BCUT2D eigenvalue weighted by Crippen LogP contribution is -2.39. The highest BCUT2D eigenvalue weighted by Crippen LogP contribution is 2.24. The Labute approximate surface area is 158 Å². The van der Waals surface area contributed by atoms with Crippen molar-refractivity contribution in [3.63, 3.8) is 0 Å². The summed E-state index contributed by atoms with van der Waals surface area (Å²) in [5, 5.41) is 11.1. The Kier molecular flexibility index (Phi) is 6.01. The largest absolute Gasteiger partial charge is 0.465 e. The molecule has 0 radical (unpaired) electrons. The van der Waals surface area contributed by atoms with Crippen LogP contribution in [-0.2, 0) is 4.74 Å². The van der Waals surface area contributed by atoms with Crippen molar-refractivity contribution in [2.75, 3.05) is 23.9 Å². The number of para-hydroxylation sites is 1. The van der Waals surface area contributed by atoms with Crippen LogP contribution in [0.1, 0.15) is 53.5 Å². The second-order valence-corrected chi connectivity index (χ2v) is 6.52. The molecule has 1 saturated heterocycles. The van der Waals surface area contributed by atoms with Gasteiger partial charge < -0.3 is 15.0 Å². The zero-order valence-corrected chi connectivity index (χ0v) is 15.6. The minimum atomic E-state index is -0.511. The van der Waals surface area contributed by atoms with Gasteiger partial charge in [0.05, 0.1) is 18.4 Å². The second-order valence-electron chi connectivity index (χ2n) is 6.52. The van der Waals surface area contributed by atoms with Crippen molar-refractivity contribution in [2.45, 2.75) is 38.6 Å². The van der Waals surface area contributed by atoms with Gasteiger partial charge in [-0.1, -0.05) is 19.1 Å². The normalized spacial score (nSPS) is 16.7. The van der Waals surface area contributed by atoms with E-state index in [-0.39, 0.29) is 11.3 Å². The minimum absolute atomic E-state index is 0.198. The van der Waals surface area contributed by atoms with Gasteiger partial charge in [-0.25, -0.2) is 4.79 Å². The van der Waals surface area contributed by atoms with Gasteiger partial charge >= 0.3 is 5.97 Å². The number of amides is 1. The molecule has 0 saturated carbocycles. The molecule has 0 bridgehead atoms. The molecule has 1 aliphatic rings. The molecule has 1 aromatic carbocycles. The highest BCUT2D eigenvalue weighted by molar-refractivity contribution is 6.07. The van der Waals surface area contributed by atoms with Crippen molar-refractivity contribution in [1.29, 1.82) is 0 Å². The van der Waals surface area contributed by atoms with Crippen LogP contribution in [0, 0.1) is 0 Å². The van der Waals surface area contributed by atoms with Crippen molar-refractivity contribution >= 4 is 23.4 Å². The standard InChI is InChI=1S/C20H24N4O3/c1-3-14-8-6-7-13-24(14)18-12-11-17(22-23-18)19(25)21-16-10-5-4-9-15(16)20(26)27-2/h4-5,9-12,14H,3,6-8,13H2,1-2H3,(H,21,25). The number of nitrogens with one attached hydrogen (secondary N) is 1. The summed E-state index contributed by atoms with van der Waals surface area (Å²) in [5.74, 6) is -0.132. The van der Waals surface area contributed by atoms with Crippen LogP contribution in [0.3, 0.4) is 0 Å². The monoisotopic (exact) mass is 368 g/mol. The lowest BCUT2D eigenvalue weighted by atomic mass is 10.0. The Hall–Kier alpha value is -2.96. The first-order valence-corrected chi connectivity index (χ1v) is 9.23. The van der Waals surface area contributed by atoms with Gasteiger partial charge in [0.15, 0.2) is 11.5 Å². The molecule has 0 spiro atoms. The fourth-order valence-corrected chi connectivity index (χ4v) is 3.39. The van der Waals surface area contributed by atoms with E-state index in [1.54, 1.807) is 30.3 Å². The Balaban J connectivity index is 1.74. The lowest BCUT2D eigenvalue weighted by molar-refractivity contribution is 0.0602. The number of anilines is 2. The van der Waals surface area contributed by atoms with E-state index in [1.165, 1.54) is 13.5 Å². The molecule has 142 valence electrons. The van der Waals surface area contributed by atoms with Crippen molar-refractivity contribution < 1.29 is 14.3 Å². The average molecular weight is 368 g/mol. The molecule has 1 atom stereocenters. The Morgan fingerprint density at radius 3 is 2.70 bits per heavy atom. The maximum absolute atomic E-state index is 12.5. The van der Waals surface area contributed by atoms with E-state index in [9.17, 15) is 9.59 Å². The summed E-state index contributed by atoms with van der Waals surface area (Å²) in [6.45, 7) is 3.14. The molecule has 1 N–H and O–H groups in total. The first kappa shape index (κ1) is 18.8. The molecule has 1 aliphatic heterocycles. The van der Waals surface area contributed by atoms with Gasteiger partial charge in [-0.3, -0.25) is 4.79 Å². The Bertz CT molecular complexity index is 807. The fraction of sp³-hybridized carbons (Fsp3) is 0.400. The van der Waals surface area contributed by atoms with Gasteiger partial charge in [-0.05, 0) is 49.9 Å². The highest BCUT2D eigenvalue weighted by atomic mass is 16.5. The van der Waals surface area contributed by atoms with Crippen LogP contribution < -0.4 is 10.2 Å². The number of benzene rings is 1. The molecule has 2 aromatic rings. The van der Waals surface area contributed by atoms with Gasteiger partial charge in [0.25, 0.3) is 5.91 Å². The molecule has 1 fully saturated rings. The van der Waals surface area contributed by atoms with E-state index in [1.807, 2.05) is 6.07 Å². The molecule has 7 heteroatoms. The number of piperidine rings is 1. The van der Waals surface area contributed by atoms with Gasteiger partial charge in [0.1, 0.15) is 0 Å². The summed E-state index contributed by atoms with van der Waals surface area (Å²) >= 11 is 0. The zero-order chi connectivity index (χ0) is 19.2. The summed E-state index contributed by atoms with van der Waals surface area (Å²) in [6.07, 6.45) is 4.60. The van der Waals surface area contributed by atoms with Gasteiger partial charge in [0.2, 0.25) is 0 Å². The van der Waals surface area contributed by atoms with E-state index in [0.29, 0.717) is 11.7 Å². The van der Waals surface area contributed by atoms with Crippen LogP contribution in [0.2, 0.25) is 0 Å². The average Bonchev–Trinajstić information content (AvgIpc) is 2.73. The first-order chi connectivity index (χ1) is 13.1. The molecule has 27 heavy (non-hydrogen) atoms. The SMILES string of the molecule is CCC1CCCCN1c1ccc(C(=O)Nc2ccccc2C(=O)OC)nn1. The topological polar surface area (TPSA) is 84.4 Å². The number of rotatable bonds is 5. The van der Waals surface area contributed by atoms with E-state index >= 15 is 0 Å². The molecule has 0 aliphatic carbocycles. The molecular weight excluding hydrogens is 344 g/mol.